The summed E-state index contributed by atoms with van der Waals surface area (Å²) in [6, 6.07) is 12.4. The van der Waals surface area contributed by atoms with E-state index < -0.39 is 5.97 Å². The molecular weight excluding hydrogens is 544 g/mol. The quantitative estimate of drug-likeness (QED) is 0.126. The van der Waals surface area contributed by atoms with Crippen LogP contribution in [0.1, 0.15) is 58.8 Å². The van der Waals surface area contributed by atoms with Gasteiger partial charge in [-0.3, -0.25) is 14.5 Å². The molecule has 0 spiro atoms. The van der Waals surface area contributed by atoms with Gasteiger partial charge < -0.3 is 24.8 Å². The van der Waals surface area contributed by atoms with E-state index in [0.717, 1.165) is 103 Å². The molecular formula is C33H44N6O4. The summed E-state index contributed by atoms with van der Waals surface area (Å²) >= 11 is 0. The van der Waals surface area contributed by atoms with Crippen LogP contribution in [0.5, 0.6) is 11.5 Å². The van der Waals surface area contributed by atoms with Gasteiger partial charge in [-0.2, -0.15) is 5.10 Å². The topological polar surface area (TPSA) is 115 Å². The van der Waals surface area contributed by atoms with Crippen molar-refractivity contribution in [1.82, 2.24) is 25.1 Å². The number of unbranched alkanes of at least 4 members (excludes halogenated alkanes) is 5. The van der Waals surface area contributed by atoms with E-state index in [1.807, 2.05) is 41.3 Å². The molecule has 2 aromatic heterocycles. The average molecular weight is 589 g/mol. The molecule has 43 heavy (non-hydrogen) atoms. The Bertz CT molecular complexity index is 1450. The van der Waals surface area contributed by atoms with Crippen LogP contribution >= 0.6 is 0 Å². The number of nitrogens with zero attached hydrogens (tertiary/aromatic N) is 5. The molecule has 0 fully saturated rings. The molecule has 0 saturated carbocycles. The smallest absolute Gasteiger partial charge is 0.303 e. The molecule has 0 aliphatic heterocycles. The van der Waals surface area contributed by atoms with Gasteiger partial charge in [-0.15, -0.1) is 0 Å². The van der Waals surface area contributed by atoms with Gasteiger partial charge in [0.2, 0.25) is 0 Å². The van der Waals surface area contributed by atoms with Crippen LogP contribution in [0.4, 0.5) is 11.4 Å². The minimum Gasteiger partial charge on any atom is -0.497 e. The van der Waals surface area contributed by atoms with Crippen molar-refractivity contribution >= 4 is 28.4 Å². The Kier molecular flexibility index (Phi) is 11.7. The van der Waals surface area contributed by atoms with E-state index in [1.54, 1.807) is 20.4 Å². The van der Waals surface area contributed by atoms with E-state index in [0.29, 0.717) is 6.04 Å². The number of hydrogen-bond donors (Lipinski definition) is 2. The SMILES string of the molecule is COc1cc(OC)cc(N(CCNC(C)C)c2ccc3ncc(-c4cnn(CCCCCCCCC(=O)O)c4)nc3c2)c1. The highest BCUT2D eigenvalue weighted by Crippen LogP contribution is 2.34. The number of ether oxygens (including phenoxy) is 2. The Labute approximate surface area is 254 Å². The molecule has 0 aliphatic rings. The number of carboxylic acids is 1. The predicted octanol–water partition coefficient (Wildman–Crippen LogP) is 6.46. The molecule has 0 atom stereocenters. The van der Waals surface area contributed by atoms with Crippen molar-refractivity contribution in [2.24, 2.45) is 0 Å². The largest absolute Gasteiger partial charge is 0.497 e. The van der Waals surface area contributed by atoms with Crippen LogP contribution in [0.15, 0.2) is 55.0 Å². The number of benzene rings is 2. The third-order valence-electron chi connectivity index (χ3n) is 7.33. The van der Waals surface area contributed by atoms with Crippen molar-refractivity contribution in [3.63, 3.8) is 0 Å². The van der Waals surface area contributed by atoms with Gasteiger partial charge in [0.25, 0.3) is 0 Å². The van der Waals surface area contributed by atoms with Crippen molar-refractivity contribution in [3.8, 4) is 22.8 Å². The summed E-state index contributed by atoms with van der Waals surface area (Å²) < 4.78 is 13.1. The zero-order valence-corrected chi connectivity index (χ0v) is 25.8. The van der Waals surface area contributed by atoms with E-state index in [9.17, 15) is 4.79 Å². The maximum atomic E-state index is 10.6. The third-order valence-corrected chi connectivity index (χ3v) is 7.33. The molecule has 2 aromatic carbocycles. The number of carbonyl (C=O) groups is 1. The molecule has 2 N–H and O–H groups in total. The summed E-state index contributed by atoms with van der Waals surface area (Å²) in [5.74, 6) is 0.746. The van der Waals surface area contributed by atoms with E-state index >= 15 is 0 Å². The van der Waals surface area contributed by atoms with Gasteiger partial charge in [0.1, 0.15) is 11.5 Å². The van der Waals surface area contributed by atoms with Crippen LogP contribution in [0, 0.1) is 0 Å². The van der Waals surface area contributed by atoms with Gasteiger partial charge in [-0.05, 0) is 31.0 Å². The fourth-order valence-electron chi connectivity index (χ4n) is 5.00. The first-order valence-corrected chi connectivity index (χ1v) is 15.1. The lowest BCUT2D eigenvalue weighted by Gasteiger charge is -2.27. The summed E-state index contributed by atoms with van der Waals surface area (Å²) in [6.45, 7) is 6.65. The van der Waals surface area contributed by atoms with Crippen LogP contribution in [0.3, 0.4) is 0 Å². The van der Waals surface area contributed by atoms with Crippen LogP contribution in [-0.4, -0.2) is 64.2 Å². The van der Waals surface area contributed by atoms with E-state index in [-0.39, 0.29) is 6.42 Å². The normalized spacial score (nSPS) is 11.3. The number of rotatable bonds is 18. The minimum atomic E-state index is -0.711. The number of anilines is 2. The highest BCUT2D eigenvalue weighted by Gasteiger charge is 2.15. The molecule has 10 heteroatoms. The van der Waals surface area contributed by atoms with E-state index in [4.69, 9.17) is 24.5 Å². The highest BCUT2D eigenvalue weighted by molar-refractivity contribution is 5.82. The lowest BCUT2D eigenvalue weighted by molar-refractivity contribution is -0.137. The van der Waals surface area contributed by atoms with Gasteiger partial charge in [-0.1, -0.05) is 39.5 Å². The molecule has 10 nitrogen and oxygen atoms in total. The fourth-order valence-corrected chi connectivity index (χ4v) is 5.00. The van der Waals surface area contributed by atoms with Crippen molar-refractivity contribution in [2.45, 2.75) is 71.4 Å². The van der Waals surface area contributed by atoms with Gasteiger partial charge >= 0.3 is 5.97 Å². The lowest BCUT2D eigenvalue weighted by atomic mass is 10.1. The fraction of sp³-hybridized carbons (Fsp3) is 0.455. The maximum Gasteiger partial charge on any atom is 0.303 e. The first-order valence-electron chi connectivity index (χ1n) is 15.1. The Morgan fingerprint density at radius 3 is 2.35 bits per heavy atom. The summed E-state index contributed by atoms with van der Waals surface area (Å²) in [5, 5.41) is 16.8. The summed E-state index contributed by atoms with van der Waals surface area (Å²) in [7, 11) is 3.32. The maximum absolute atomic E-state index is 10.6. The summed E-state index contributed by atoms with van der Waals surface area (Å²) in [5.41, 5.74) is 5.31. The predicted molar refractivity (Wildman–Crippen MR) is 170 cm³/mol. The number of aryl methyl sites for hydroxylation is 1. The van der Waals surface area contributed by atoms with Gasteiger partial charge in [-0.25, -0.2) is 4.98 Å². The third kappa shape index (κ3) is 9.41. The second-order valence-corrected chi connectivity index (χ2v) is 11.0. The summed E-state index contributed by atoms with van der Waals surface area (Å²) in [4.78, 5) is 22.5. The molecule has 2 heterocycles. The second kappa shape index (κ2) is 15.9. The zero-order chi connectivity index (χ0) is 30.6. The van der Waals surface area contributed by atoms with Crippen molar-refractivity contribution < 1.29 is 19.4 Å². The Morgan fingerprint density at radius 2 is 1.65 bits per heavy atom. The molecule has 4 rings (SSSR count). The first-order chi connectivity index (χ1) is 20.9. The molecule has 0 amide bonds. The number of methoxy groups -OCH3 is 2. The van der Waals surface area contributed by atoms with E-state index in [1.165, 1.54) is 0 Å². The van der Waals surface area contributed by atoms with Crippen molar-refractivity contribution in [1.29, 1.82) is 0 Å². The van der Waals surface area contributed by atoms with Gasteiger partial charge in [0.15, 0.2) is 0 Å². The lowest BCUT2D eigenvalue weighted by Crippen LogP contribution is -2.32. The molecule has 0 unspecified atom stereocenters. The monoisotopic (exact) mass is 588 g/mol. The number of hydrogen-bond acceptors (Lipinski definition) is 8. The molecule has 230 valence electrons. The minimum absolute atomic E-state index is 0.264. The van der Waals surface area contributed by atoms with Gasteiger partial charge in [0, 0.05) is 73.4 Å². The number of aliphatic carboxylic acids is 1. The molecule has 0 radical (unpaired) electrons. The van der Waals surface area contributed by atoms with Crippen molar-refractivity contribution in [3.05, 3.63) is 55.0 Å². The van der Waals surface area contributed by atoms with Crippen LogP contribution in [-0.2, 0) is 11.3 Å². The number of aromatic nitrogens is 4. The average Bonchev–Trinajstić information content (AvgIpc) is 3.48. The standard InChI is InChI=1S/C33H44N6O4/c1-24(2)34-14-16-39(27-17-28(42-3)20-29(18-27)43-4)26-12-13-30-31(19-26)37-32(22-35-30)25-21-36-38(23-25)15-10-8-6-5-7-9-11-33(40)41/h12-13,17-24,34H,5-11,14-16H2,1-4H3,(H,40,41). The molecule has 4 aromatic rings. The Hall–Kier alpha value is -4.18. The zero-order valence-electron chi connectivity index (χ0n) is 25.8. The first kappa shape index (κ1) is 31.7. The Balaban J connectivity index is 1.48. The van der Waals surface area contributed by atoms with Crippen LogP contribution in [0.25, 0.3) is 22.3 Å². The van der Waals surface area contributed by atoms with Gasteiger partial charge in [0.05, 0.1) is 43.3 Å². The highest BCUT2D eigenvalue weighted by atomic mass is 16.5. The number of carboxylic acid groups (broad SMARTS) is 1. The Morgan fingerprint density at radius 1 is 0.930 bits per heavy atom. The van der Waals surface area contributed by atoms with Crippen LogP contribution in [0.2, 0.25) is 0 Å². The molecule has 0 bridgehead atoms. The number of fused-ring (bicyclic) bond motifs is 1. The number of nitrogens with one attached hydrogen (secondary N) is 1. The summed E-state index contributed by atoms with van der Waals surface area (Å²) in [6.07, 6.45) is 12.0. The molecule has 0 aliphatic carbocycles. The van der Waals surface area contributed by atoms with Crippen LogP contribution < -0.4 is 19.7 Å². The van der Waals surface area contributed by atoms with E-state index in [2.05, 4.69) is 41.3 Å². The second-order valence-electron chi connectivity index (χ2n) is 11.0. The van der Waals surface area contributed by atoms with Crippen molar-refractivity contribution in [2.75, 3.05) is 32.2 Å². The molecule has 0 saturated heterocycles.